The molecule has 6 nitrogen and oxygen atoms in total. The second kappa shape index (κ2) is 9.38. The predicted octanol–water partition coefficient (Wildman–Crippen LogP) is 2.93. The van der Waals surface area contributed by atoms with Crippen LogP contribution < -0.4 is 15.6 Å². The van der Waals surface area contributed by atoms with Crippen molar-refractivity contribution in [2.24, 2.45) is 0 Å². The van der Waals surface area contributed by atoms with Gasteiger partial charge < -0.3 is 10.1 Å². The smallest absolute Gasteiger partial charge is 0.263 e. The fourth-order valence-electron chi connectivity index (χ4n) is 2.39. The number of allylic oxidation sites excluding steroid dienone is 1. The lowest BCUT2D eigenvalue weighted by Crippen LogP contribution is -2.30. The first-order valence-corrected chi connectivity index (χ1v) is 10.2. The van der Waals surface area contributed by atoms with E-state index in [0.717, 1.165) is 5.75 Å². The van der Waals surface area contributed by atoms with Crippen molar-refractivity contribution in [2.45, 2.75) is 11.7 Å². The molecular formula is C19H19N3O3S2. The lowest BCUT2D eigenvalue weighted by atomic mass is 10.3. The Morgan fingerprint density at radius 3 is 2.93 bits per heavy atom. The molecule has 0 unspecified atom stereocenters. The van der Waals surface area contributed by atoms with Gasteiger partial charge in [0.15, 0.2) is 5.16 Å². The molecule has 0 fully saturated rings. The van der Waals surface area contributed by atoms with Crippen LogP contribution >= 0.6 is 23.1 Å². The third kappa shape index (κ3) is 4.99. The molecule has 0 saturated heterocycles. The molecule has 1 amide bonds. The summed E-state index contributed by atoms with van der Waals surface area (Å²) in [5.41, 5.74) is -0.111. The van der Waals surface area contributed by atoms with Crippen LogP contribution in [0, 0.1) is 0 Å². The Morgan fingerprint density at radius 2 is 2.15 bits per heavy atom. The van der Waals surface area contributed by atoms with E-state index in [0.29, 0.717) is 35.1 Å². The summed E-state index contributed by atoms with van der Waals surface area (Å²) in [5.74, 6) is 0.802. The molecule has 0 radical (unpaired) electrons. The third-order valence-electron chi connectivity index (χ3n) is 3.63. The molecule has 0 atom stereocenters. The summed E-state index contributed by atoms with van der Waals surface area (Å²) >= 11 is 2.65. The SMILES string of the molecule is C=CCn1c(SCC(=O)NCCOc2ccccc2)nc2sccc2c1=O. The molecule has 3 aromatic rings. The number of hydrogen-bond donors (Lipinski definition) is 1. The summed E-state index contributed by atoms with van der Waals surface area (Å²) < 4.78 is 7.08. The number of thioether (sulfide) groups is 1. The van der Waals surface area contributed by atoms with Gasteiger partial charge in [0.05, 0.1) is 17.7 Å². The number of nitrogens with one attached hydrogen (secondary N) is 1. The Balaban J connectivity index is 1.54. The minimum Gasteiger partial charge on any atom is -0.492 e. The van der Waals surface area contributed by atoms with Gasteiger partial charge in [0.25, 0.3) is 5.56 Å². The fraction of sp³-hybridized carbons (Fsp3) is 0.211. The van der Waals surface area contributed by atoms with Gasteiger partial charge >= 0.3 is 0 Å². The van der Waals surface area contributed by atoms with Gasteiger partial charge in [-0.3, -0.25) is 14.2 Å². The molecule has 0 spiro atoms. The zero-order valence-electron chi connectivity index (χ0n) is 14.6. The van der Waals surface area contributed by atoms with E-state index in [2.05, 4.69) is 16.9 Å². The third-order valence-corrected chi connectivity index (χ3v) is 5.41. The summed E-state index contributed by atoms with van der Waals surface area (Å²) in [4.78, 5) is 29.8. The van der Waals surface area contributed by atoms with Crippen molar-refractivity contribution in [3.8, 4) is 5.75 Å². The second-order valence-corrected chi connectivity index (χ2v) is 7.38. The number of aromatic nitrogens is 2. The molecular weight excluding hydrogens is 382 g/mol. The quantitative estimate of drug-likeness (QED) is 0.258. The van der Waals surface area contributed by atoms with Crippen molar-refractivity contribution >= 4 is 39.2 Å². The number of thiophene rings is 1. The lowest BCUT2D eigenvalue weighted by molar-refractivity contribution is -0.118. The number of hydrogen-bond acceptors (Lipinski definition) is 6. The van der Waals surface area contributed by atoms with Gasteiger partial charge in [-0.25, -0.2) is 4.98 Å². The zero-order valence-corrected chi connectivity index (χ0v) is 16.2. The predicted molar refractivity (Wildman–Crippen MR) is 110 cm³/mol. The van der Waals surface area contributed by atoms with Crippen molar-refractivity contribution in [2.75, 3.05) is 18.9 Å². The van der Waals surface area contributed by atoms with Crippen LogP contribution in [0.3, 0.4) is 0 Å². The number of benzene rings is 1. The van der Waals surface area contributed by atoms with Crippen LogP contribution in [0.5, 0.6) is 5.75 Å². The summed E-state index contributed by atoms with van der Waals surface area (Å²) in [6, 6.07) is 11.2. The molecule has 2 aromatic heterocycles. The standard InChI is InChI=1S/C19H19N3O3S2/c1-2-10-22-18(24)15-8-12-26-17(15)21-19(22)27-13-16(23)20-9-11-25-14-6-4-3-5-7-14/h2-8,12H,1,9-11,13H2,(H,20,23). The van der Waals surface area contributed by atoms with Gasteiger partial charge in [-0.1, -0.05) is 36.0 Å². The van der Waals surface area contributed by atoms with Crippen LogP contribution in [-0.4, -0.2) is 34.4 Å². The van der Waals surface area contributed by atoms with Crippen molar-refractivity contribution in [1.82, 2.24) is 14.9 Å². The minimum absolute atomic E-state index is 0.111. The largest absolute Gasteiger partial charge is 0.492 e. The summed E-state index contributed by atoms with van der Waals surface area (Å²) in [6.07, 6.45) is 1.65. The van der Waals surface area contributed by atoms with Crippen LogP contribution in [0.2, 0.25) is 0 Å². The molecule has 27 heavy (non-hydrogen) atoms. The van der Waals surface area contributed by atoms with E-state index in [9.17, 15) is 9.59 Å². The maximum Gasteiger partial charge on any atom is 0.263 e. The summed E-state index contributed by atoms with van der Waals surface area (Å²) in [6.45, 7) is 4.84. The molecule has 8 heteroatoms. The highest BCUT2D eigenvalue weighted by atomic mass is 32.2. The number of rotatable bonds is 9. The molecule has 0 bridgehead atoms. The van der Waals surface area contributed by atoms with E-state index < -0.39 is 0 Å². The zero-order chi connectivity index (χ0) is 19.1. The topological polar surface area (TPSA) is 73.2 Å². The number of nitrogens with zero attached hydrogens (tertiary/aromatic N) is 2. The second-order valence-electron chi connectivity index (χ2n) is 5.54. The molecule has 0 saturated carbocycles. The summed E-state index contributed by atoms with van der Waals surface area (Å²) in [5, 5.41) is 5.75. The first-order valence-electron chi connectivity index (χ1n) is 8.35. The molecule has 1 aromatic carbocycles. The number of fused-ring (bicyclic) bond motifs is 1. The van der Waals surface area contributed by atoms with E-state index in [4.69, 9.17) is 4.74 Å². The van der Waals surface area contributed by atoms with E-state index >= 15 is 0 Å². The first-order chi connectivity index (χ1) is 13.2. The van der Waals surface area contributed by atoms with E-state index in [-0.39, 0.29) is 17.2 Å². The van der Waals surface area contributed by atoms with Gasteiger partial charge in [-0.2, -0.15) is 0 Å². The van der Waals surface area contributed by atoms with Gasteiger partial charge in [0.2, 0.25) is 5.91 Å². The Labute approximate surface area is 164 Å². The van der Waals surface area contributed by atoms with Gasteiger partial charge in [0, 0.05) is 6.54 Å². The van der Waals surface area contributed by atoms with Gasteiger partial charge in [0.1, 0.15) is 17.2 Å². The molecule has 140 valence electrons. The molecule has 0 aliphatic rings. The highest BCUT2D eigenvalue weighted by Crippen LogP contribution is 2.21. The van der Waals surface area contributed by atoms with Gasteiger partial charge in [-0.05, 0) is 23.6 Å². The molecule has 0 aliphatic carbocycles. The van der Waals surface area contributed by atoms with Gasteiger partial charge in [-0.15, -0.1) is 17.9 Å². The number of amides is 1. The highest BCUT2D eigenvalue weighted by Gasteiger charge is 2.13. The van der Waals surface area contributed by atoms with Crippen molar-refractivity contribution < 1.29 is 9.53 Å². The first kappa shape index (κ1) is 19.2. The Bertz CT molecular complexity index is 983. The molecule has 3 rings (SSSR count). The normalized spacial score (nSPS) is 10.7. The fourth-order valence-corrected chi connectivity index (χ4v) is 4.03. The number of carbonyl (C=O) groups is 1. The molecule has 1 N–H and O–H groups in total. The van der Waals surface area contributed by atoms with Crippen LogP contribution in [0.15, 0.2) is 64.4 Å². The maximum absolute atomic E-state index is 12.5. The average Bonchev–Trinajstić information content (AvgIpc) is 3.16. The van der Waals surface area contributed by atoms with Crippen LogP contribution in [0.1, 0.15) is 0 Å². The van der Waals surface area contributed by atoms with E-state index in [1.807, 2.05) is 35.7 Å². The van der Waals surface area contributed by atoms with Crippen molar-refractivity contribution in [3.63, 3.8) is 0 Å². The summed E-state index contributed by atoms with van der Waals surface area (Å²) in [7, 11) is 0. The average molecular weight is 402 g/mol. The molecule has 0 aliphatic heterocycles. The Kier molecular flexibility index (Phi) is 6.67. The number of para-hydroxylation sites is 1. The highest BCUT2D eigenvalue weighted by molar-refractivity contribution is 7.99. The Hall–Kier alpha value is -2.58. The van der Waals surface area contributed by atoms with Crippen molar-refractivity contribution in [1.29, 1.82) is 0 Å². The maximum atomic E-state index is 12.5. The van der Waals surface area contributed by atoms with Crippen LogP contribution in [0.4, 0.5) is 0 Å². The molecule has 2 heterocycles. The lowest BCUT2D eigenvalue weighted by Gasteiger charge is -2.10. The number of carbonyl (C=O) groups excluding carboxylic acids is 1. The van der Waals surface area contributed by atoms with Crippen molar-refractivity contribution in [3.05, 3.63) is 64.8 Å². The van der Waals surface area contributed by atoms with E-state index in [1.165, 1.54) is 23.1 Å². The monoisotopic (exact) mass is 401 g/mol. The minimum atomic E-state index is -0.137. The van der Waals surface area contributed by atoms with E-state index in [1.54, 1.807) is 16.7 Å². The van der Waals surface area contributed by atoms with Crippen LogP contribution in [-0.2, 0) is 11.3 Å². The Morgan fingerprint density at radius 1 is 1.33 bits per heavy atom. The van der Waals surface area contributed by atoms with Crippen LogP contribution in [0.25, 0.3) is 10.2 Å². The number of ether oxygens (including phenoxy) is 1.